The normalized spacial score (nSPS) is 32.3. The second-order valence-electron chi connectivity index (χ2n) is 12.1. The van der Waals surface area contributed by atoms with Gasteiger partial charge in [0.25, 0.3) is 0 Å². The van der Waals surface area contributed by atoms with Crippen LogP contribution in [0.1, 0.15) is 134 Å². The molecule has 3 aliphatic carbocycles. The van der Waals surface area contributed by atoms with Crippen molar-refractivity contribution in [1.82, 2.24) is 0 Å². The summed E-state index contributed by atoms with van der Waals surface area (Å²) in [4.78, 5) is 0. The fourth-order valence-electron chi connectivity index (χ4n) is 7.74. The van der Waals surface area contributed by atoms with Gasteiger partial charge in [0.15, 0.2) is 0 Å². The number of hydrogen-bond acceptors (Lipinski definition) is 1. The maximum Gasteiger partial charge on any atom is 0.118 e. The third kappa shape index (κ3) is 7.50. The molecule has 0 N–H and O–H groups in total. The zero-order valence-corrected chi connectivity index (χ0v) is 21.9. The molecule has 0 aliphatic heterocycles. The predicted molar refractivity (Wildman–Crippen MR) is 142 cm³/mol. The molecule has 1 aromatic rings. The number of hydrogen-bond donors (Lipinski definition) is 0. The van der Waals surface area contributed by atoms with Crippen LogP contribution in [0.15, 0.2) is 24.3 Å². The third-order valence-corrected chi connectivity index (χ3v) is 9.97. The third-order valence-electron chi connectivity index (χ3n) is 9.97. The Kier molecular flexibility index (Phi) is 10.0. The Morgan fingerprint density at radius 3 is 1.97 bits per heavy atom. The van der Waals surface area contributed by atoms with E-state index in [2.05, 4.69) is 31.2 Å². The minimum absolute atomic E-state index is 0.788. The summed E-state index contributed by atoms with van der Waals surface area (Å²) in [5, 5.41) is 0. The molecule has 1 heteroatoms. The first-order valence-corrected chi connectivity index (χ1v) is 14.9. The fraction of sp³-hybridized carbons (Fsp3) is 0.812. The molecule has 4 rings (SSSR count). The van der Waals surface area contributed by atoms with Crippen molar-refractivity contribution >= 4 is 0 Å². The van der Waals surface area contributed by atoms with Crippen LogP contribution in [0.3, 0.4) is 0 Å². The van der Waals surface area contributed by atoms with Gasteiger partial charge in [0.1, 0.15) is 5.75 Å². The monoisotopic (exact) mass is 452 g/mol. The quantitative estimate of drug-likeness (QED) is 0.303. The minimum atomic E-state index is 0.788. The van der Waals surface area contributed by atoms with Crippen molar-refractivity contribution in [3.8, 4) is 5.75 Å². The van der Waals surface area contributed by atoms with Crippen molar-refractivity contribution < 1.29 is 4.74 Å². The van der Waals surface area contributed by atoms with Crippen molar-refractivity contribution in [2.45, 2.75) is 128 Å². The Morgan fingerprint density at radius 2 is 1.24 bits per heavy atom. The Labute approximate surface area is 205 Å². The first kappa shape index (κ1) is 25.1. The Bertz CT molecular complexity index is 656. The van der Waals surface area contributed by atoms with E-state index in [1.807, 2.05) is 0 Å². The lowest BCUT2D eigenvalue weighted by Crippen LogP contribution is -2.30. The van der Waals surface area contributed by atoms with E-state index in [1.54, 1.807) is 51.2 Å². The molecule has 0 heterocycles. The predicted octanol–water partition coefficient (Wildman–Crippen LogP) is 9.94. The lowest BCUT2D eigenvalue weighted by molar-refractivity contribution is 0.108. The highest BCUT2D eigenvalue weighted by Gasteiger charge is 2.36. The van der Waals surface area contributed by atoms with Crippen LogP contribution in [0.2, 0.25) is 0 Å². The number of benzene rings is 1. The molecule has 0 amide bonds. The van der Waals surface area contributed by atoms with Gasteiger partial charge in [-0.3, -0.25) is 0 Å². The fourth-order valence-corrected chi connectivity index (χ4v) is 7.74. The molecule has 33 heavy (non-hydrogen) atoms. The van der Waals surface area contributed by atoms with E-state index in [9.17, 15) is 0 Å². The molecule has 3 aliphatic rings. The Morgan fingerprint density at radius 1 is 0.636 bits per heavy atom. The largest absolute Gasteiger partial charge is 0.497 e. The molecule has 1 aromatic carbocycles. The number of rotatable bonds is 11. The second-order valence-corrected chi connectivity index (χ2v) is 12.1. The maximum atomic E-state index is 5.35. The van der Waals surface area contributed by atoms with Gasteiger partial charge in [-0.25, -0.2) is 0 Å². The summed E-state index contributed by atoms with van der Waals surface area (Å²) in [6, 6.07) is 8.94. The van der Waals surface area contributed by atoms with E-state index < -0.39 is 0 Å². The molecule has 0 aromatic heterocycles. The summed E-state index contributed by atoms with van der Waals surface area (Å²) in [5.41, 5.74) is 1.55. The van der Waals surface area contributed by atoms with Gasteiger partial charge in [0.2, 0.25) is 0 Å². The van der Waals surface area contributed by atoms with Gasteiger partial charge in [-0.15, -0.1) is 0 Å². The summed E-state index contributed by atoms with van der Waals surface area (Å²) in [5.74, 6) is 6.97. The average Bonchev–Trinajstić information content (AvgIpc) is 2.87. The number of methoxy groups -OCH3 is 1. The highest BCUT2D eigenvalue weighted by Crippen LogP contribution is 2.49. The average molecular weight is 453 g/mol. The molecule has 3 fully saturated rings. The van der Waals surface area contributed by atoms with Crippen molar-refractivity contribution in [3.05, 3.63) is 29.8 Å². The highest BCUT2D eigenvalue weighted by molar-refractivity contribution is 5.29. The topological polar surface area (TPSA) is 9.23 Å². The van der Waals surface area contributed by atoms with Crippen LogP contribution in [0.4, 0.5) is 0 Å². The first-order chi connectivity index (χ1) is 16.2. The van der Waals surface area contributed by atoms with Gasteiger partial charge < -0.3 is 4.74 Å². The van der Waals surface area contributed by atoms with Crippen molar-refractivity contribution in [2.24, 2.45) is 29.6 Å². The van der Waals surface area contributed by atoms with Gasteiger partial charge in [0.05, 0.1) is 7.11 Å². The van der Waals surface area contributed by atoms with E-state index >= 15 is 0 Å². The summed E-state index contributed by atoms with van der Waals surface area (Å²) < 4.78 is 5.35. The lowest BCUT2D eigenvalue weighted by Gasteiger charge is -2.43. The van der Waals surface area contributed by atoms with Crippen LogP contribution in [0, 0.1) is 29.6 Å². The molecule has 4 unspecified atom stereocenters. The van der Waals surface area contributed by atoms with Crippen LogP contribution in [0.5, 0.6) is 5.75 Å². The lowest BCUT2D eigenvalue weighted by atomic mass is 9.63. The van der Waals surface area contributed by atoms with E-state index in [0.29, 0.717) is 0 Å². The molecule has 4 atom stereocenters. The summed E-state index contributed by atoms with van der Waals surface area (Å²) in [6.07, 6.45) is 26.9. The standard InChI is InChI=1S/C32H52O/c1-3-4-5-6-7-8-25-9-11-26(12-10-25)13-14-27-15-16-31-24-30(18-17-29(31)23-27)28-19-21-32(33-2)22-20-28/h19-22,25-27,29-31H,3-18,23-24H2,1-2H3. The molecule has 3 saturated carbocycles. The maximum absolute atomic E-state index is 5.35. The zero-order chi connectivity index (χ0) is 22.9. The molecular weight excluding hydrogens is 400 g/mol. The van der Waals surface area contributed by atoms with Crippen molar-refractivity contribution in [3.63, 3.8) is 0 Å². The molecule has 0 saturated heterocycles. The first-order valence-electron chi connectivity index (χ1n) is 14.9. The molecule has 0 spiro atoms. The Hall–Kier alpha value is -0.980. The molecule has 186 valence electrons. The van der Waals surface area contributed by atoms with Gasteiger partial charge in [-0.2, -0.15) is 0 Å². The molecule has 1 nitrogen and oxygen atoms in total. The van der Waals surface area contributed by atoms with E-state index in [-0.39, 0.29) is 0 Å². The zero-order valence-electron chi connectivity index (χ0n) is 21.9. The van der Waals surface area contributed by atoms with E-state index in [0.717, 1.165) is 41.3 Å². The van der Waals surface area contributed by atoms with E-state index in [1.165, 1.54) is 77.0 Å². The van der Waals surface area contributed by atoms with Crippen molar-refractivity contribution in [2.75, 3.05) is 7.11 Å². The Balaban J connectivity index is 1.11. The van der Waals surface area contributed by atoms with Crippen LogP contribution >= 0.6 is 0 Å². The number of ether oxygens (including phenoxy) is 1. The summed E-state index contributed by atoms with van der Waals surface area (Å²) in [7, 11) is 1.76. The second kappa shape index (κ2) is 13.2. The van der Waals surface area contributed by atoms with Gasteiger partial charge in [0, 0.05) is 0 Å². The SMILES string of the molecule is CCCCCCCC1CCC(CCC2CCC3CC(c4ccc(OC)cc4)CCC3C2)CC1. The highest BCUT2D eigenvalue weighted by atomic mass is 16.5. The van der Waals surface area contributed by atoms with E-state index in [4.69, 9.17) is 4.74 Å². The van der Waals surface area contributed by atoms with Gasteiger partial charge in [-0.05, 0) is 85.3 Å². The summed E-state index contributed by atoms with van der Waals surface area (Å²) in [6.45, 7) is 2.32. The van der Waals surface area contributed by atoms with Crippen LogP contribution in [-0.2, 0) is 0 Å². The van der Waals surface area contributed by atoms with Gasteiger partial charge >= 0.3 is 0 Å². The molecule has 0 radical (unpaired) electrons. The number of fused-ring (bicyclic) bond motifs is 1. The minimum Gasteiger partial charge on any atom is -0.497 e. The van der Waals surface area contributed by atoms with Crippen LogP contribution < -0.4 is 4.74 Å². The molecular formula is C32H52O. The van der Waals surface area contributed by atoms with Gasteiger partial charge in [-0.1, -0.05) is 103 Å². The molecule has 0 bridgehead atoms. The smallest absolute Gasteiger partial charge is 0.118 e. The van der Waals surface area contributed by atoms with Crippen molar-refractivity contribution in [1.29, 1.82) is 0 Å². The van der Waals surface area contributed by atoms with Crippen LogP contribution in [0.25, 0.3) is 0 Å². The van der Waals surface area contributed by atoms with Crippen LogP contribution in [-0.4, -0.2) is 7.11 Å². The number of unbranched alkanes of at least 4 members (excludes halogenated alkanes) is 4. The summed E-state index contributed by atoms with van der Waals surface area (Å²) >= 11 is 0.